The summed E-state index contributed by atoms with van der Waals surface area (Å²) in [7, 11) is 1.83. The topological polar surface area (TPSA) is 32.3 Å². The van der Waals surface area contributed by atoms with Crippen molar-refractivity contribution in [3.05, 3.63) is 29.8 Å². The maximum Gasteiger partial charge on any atom is 0.321 e. The summed E-state index contributed by atoms with van der Waals surface area (Å²) in [6.45, 7) is 10.5. The van der Waals surface area contributed by atoms with Crippen LogP contribution in [-0.4, -0.2) is 24.0 Å². The predicted molar refractivity (Wildman–Crippen MR) is 76.9 cm³/mol. The Morgan fingerprint density at radius 2 is 1.72 bits per heavy atom. The minimum Gasteiger partial charge on any atom is -0.324 e. The molecule has 0 aliphatic rings. The standard InChI is InChI=1S/C15H24N2O/c1-11-7-9-13(10-8-11)16-14(18)17(6)12(2)15(3,4)5/h7-10,12H,1-6H3,(H,16,18). The van der Waals surface area contributed by atoms with Crippen LogP contribution >= 0.6 is 0 Å². The van der Waals surface area contributed by atoms with Crippen LogP contribution in [0, 0.1) is 12.3 Å². The van der Waals surface area contributed by atoms with E-state index in [0.29, 0.717) is 0 Å². The van der Waals surface area contributed by atoms with Crippen LogP contribution in [0.5, 0.6) is 0 Å². The summed E-state index contributed by atoms with van der Waals surface area (Å²) < 4.78 is 0. The molecule has 1 atom stereocenters. The van der Waals surface area contributed by atoms with Gasteiger partial charge in [-0.25, -0.2) is 4.79 Å². The van der Waals surface area contributed by atoms with E-state index >= 15 is 0 Å². The van der Waals surface area contributed by atoms with E-state index in [-0.39, 0.29) is 17.5 Å². The molecule has 0 saturated heterocycles. The van der Waals surface area contributed by atoms with Crippen LogP contribution in [0.25, 0.3) is 0 Å². The fourth-order valence-electron chi connectivity index (χ4n) is 1.61. The van der Waals surface area contributed by atoms with E-state index in [2.05, 4.69) is 33.0 Å². The lowest BCUT2D eigenvalue weighted by molar-refractivity contribution is 0.156. The highest BCUT2D eigenvalue weighted by molar-refractivity contribution is 5.89. The molecule has 0 fully saturated rings. The van der Waals surface area contributed by atoms with Crippen molar-refractivity contribution in [2.75, 3.05) is 12.4 Å². The molecule has 1 aromatic carbocycles. The summed E-state index contributed by atoms with van der Waals surface area (Å²) in [4.78, 5) is 13.9. The number of amides is 2. The highest BCUT2D eigenvalue weighted by Gasteiger charge is 2.26. The lowest BCUT2D eigenvalue weighted by Crippen LogP contribution is -2.44. The molecule has 2 amide bonds. The molecular weight excluding hydrogens is 224 g/mol. The van der Waals surface area contributed by atoms with E-state index in [1.54, 1.807) is 4.90 Å². The third kappa shape index (κ3) is 3.76. The van der Waals surface area contributed by atoms with Gasteiger partial charge < -0.3 is 10.2 Å². The van der Waals surface area contributed by atoms with E-state index in [0.717, 1.165) is 5.69 Å². The van der Waals surface area contributed by atoms with Crippen LogP contribution in [-0.2, 0) is 0 Å². The molecule has 3 nitrogen and oxygen atoms in total. The Bertz CT molecular complexity index is 403. The Kier molecular flexibility index (Phi) is 4.38. The molecule has 1 unspecified atom stereocenters. The van der Waals surface area contributed by atoms with E-state index in [1.807, 2.05) is 38.2 Å². The van der Waals surface area contributed by atoms with Crippen molar-refractivity contribution in [1.82, 2.24) is 4.90 Å². The molecule has 0 saturated carbocycles. The van der Waals surface area contributed by atoms with Gasteiger partial charge in [-0.05, 0) is 31.4 Å². The Morgan fingerprint density at radius 1 is 1.22 bits per heavy atom. The van der Waals surface area contributed by atoms with E-state index in [9.17, 15) is 4.79 Å². The minimum atomic E-state index is -0.0683. The first-order chi connectivity index (χ1) is 8.21. The lowest BCUT2D eigenvalue weighted by atomic mass is 9.87. The Balaban J connectivity index is 2.68. The van der Waals surface area contributed by atoms with Gasteiger partial charge in [0.15, 0.2) is 0 Å². The molecule has 3 heteroatoms. The van der Waals surface area contributed by atoms with Crippen LogP contribution in [0.1, 0.15) is 33.3 Å². The van der Waals surface area contributed by atoms with Crippen LogP contribution in [0.3, 0.4) is 0 Å². The molecule has 0 heterocycles. The molecule has 1 rings (SSSR count). The number of nitrogens with zero attached hydrogens (tertiary/aromatic N) is 1. The molecule has 0 aromatic heterocycles. The van der Waals surface area contributed by atoms with Gasteiger partial charge in [-0.1, -0.05) is 38.5 Å². The van der Waals surface area contributed by atoms with Gasteiger partial charge in [-0.15, -0.1) is 0 Å². The summed E-state index contributed by atoms with van der Waals surface area (Å²) in [5.74, 6) is 0. The zero-order valence-electron chi connectivity index (χ0n) is 12.2. The van der Waals surface area contributed by atoms with Crippen LogP contribution in [0.4, 0.5) is 10.5 Å². The third-order valence-corrected chi connectivity index (χ3v) is 3.46. The maximum atomic E-state index is 12.1. The van der Waals surface area contributed by atoms with Crippen molar-refractivity contribution in [2.45, 2.75) is 40.7 Å². The van der Waals surface area contributed by atoms with Gasteiger partial charge in [-0.2, -0.15) is 0 Å². The largest absolute Gasteiger partial charge is 0.324 e. The molecule has 0 radical (unpaired) electrons. The summed E-state index contributed by atoms with van der Waals surface area (Å²) in [5, 5.41) is 2.91. The van der Waals surface area contributed by atoms with Crippen LogP contribution < -0.4 is 5.32 Å². The first-order valence-corrected chi connectivity index (χ1v) is 6.32. The van der Waals surface area contributed by atoms with Crippen molar-refractivity contribution in [3.63, 3.8) is 0 Å². The van der Waals surface area contributed by atoms with E-state index in [1.165, 1.54) is 5.56 Å². The summed E-state index contributed by atoms with van der Waals surface area (Å²) in [6.07, 6.45) is 0. The first kappa shape index (κ1) is 14.6. The van der Waals surface area contributed by atoms with Gasteiger partial charge in [-0.3, -0.25) is 0 Å². The predicted octanol–water partition coefficient (Wildman–Crippen LogP) is 3.89. The average molecular weight is 248 g/mol. The fraction of sp³-hybridized carbons (Fsp3) is 0.533. The molecular formula is C15H24N2O. The van der Waals surface area contributed by atoms with Gasteiger partial charge in [0, 0.05) is 18.8 Å². The number of nitrogens with one attached hydrogen (secondary N) is 1. The second-order valence-electron chi connectivity index (χ2n) is 5.95. The quantitative estimate of drug-likeness (QED) is 0.846. The zero-order chi connectivity index (χ0) is 13.9. The second-order valence-corrected chi connectivity index (χ2v) is 5.95. The van der Waals surface area contributed by atoms with Crippen molar-refractivity contribution in [2.24, 2.45) is 5.41 Å². The SMILES string of the molecule is Cc1ccc(NC(=O)N(C)C(C)C(C)(C)C)cc1. The highest BCUT2D eigenvalue weighted by Crippen LogP contribution is 2.23. The fourth-order valence-corrected chi connectivity index (χ4v) is 1.61. The third-order valence-electron chi connectivity index (χ3n) is 3.46. The molecule has 0 aliphatic heterocycles. The van der Waals surface area contributed by atoms with Crippen LogP contribution in [0.15, 0.2) is 24.3 Å². The summed E-state index contributed by atoms with van der Waals surface area (Å²) in [6, 6.07) is 7.92. The normalized spacial score (nSPS) is 13.0. The zero-order valence-corrected chi connectivity index (χ0v) is 12.2. The average Bonchev–Trinajstić information content (AvgIpc) is 2.29. The van der Waals surface area contributed by atoms with Gasteiger partial charge in [0.05, 0.1) is 0 Å². The number of aryl methyl sites for hydroxylation is 1. The Hall–Kier alpha value is -1.51. The maximum absolute atomic E-state index is 12.1. The molecule has 18 heavy (non-hydrogen) atoms. The van der Waals surface area contributed by atoms with Crippen molar-refractivity contribution in [1.29, 1.82) is 0 Å². The Morgan fingerprint density at radius 3 is 2.17 bits per heavy atom. The smallest absolute Gasteiger partial charge is 0.321 e. The number of hydrogen-bond acceptors (Lipinski definition) is 1. The number of carbonyl (C=O) groups excluding carboxylic acids is 1. The monoisotopic (exact) mass is 248 g/mol. The molecule has 0 aliphatic carbocycles. The molecule has 0 spiro atoms. The number of rotatable bonds is 2. The van der Waals surface area contributed by atoms with Crippen LogP contribution in [0.2, 0.25) is 0 Å². The first-order valence-electron chi connectivity index (χ1n) is 6.32. The molecule has 1 aromatic rings. The van der Waals surface area contributed by atoms with Gasteiger partial charge in [0.25, 0.3) is 0 Å². The lowest BCUT2D eigenvalue weighted by Gasteiger charge is -2.35. The number of anilines is 1. The second kappa shape index (κ2) is 5.42. The number of urea groups is 1. The molecule has 100 valence electrons. The van der Waals surface area contributed by atoms with Gasteiger partial charge in [0.1, 0.15) is 0 Å². The van der Waals surface area contributed by atoms with Gasteiger partial charge in [0.2, 0.25) is 0 Å². The summed E-state index contributed by atoms with van der Waals surface area (Å²) in [5.41, 5.74) is 2.09. The van der Waals surface area contributed by atoms with Crippen molar-refractivity contribution < 1.29 is 4.79 Å². The number of hydrogen-bond donors (Lipinski definition) is 1. The van der Waals surface area contributed by atoms with Crippen molar-refractivity contribution >= 4 is 11.7 Å². The number of carbonyl (C=O) groups is 1. The highest BCUT2D eigenvalue weighted by atomic mass is 16.2. The minimum absolute atomic E-state index is 0.0683. The number of benzene rings is 1. The van der Waals surface area contributed by atoms with E-state index < -0.39 is 0 Å². The summed E-state index contributed by atoms with van der Waals surface area (Å²) >= 11 is 0. The van der Waals surface area contributed by atoms with Crippen molar-refractivity contribution in [3.8, 4) is 0 Å². The molecule has 0 bridgehead atoms. The Labute approximate surface area is 110 Å². The van der Waals surface area contributed by atoms with E-state index in [4.69, 9.17) is 0 Å². The van der Waals surface area contributed by atoms with Gasteiger partial charge >= 0.3 is 6.03 Å². The molecule has 1 N–H and O–H groups in total.